The molecule has 0 bridgehead atoms. The van der Waals surface area contributed by atoms with Crippen LogP contribution in [0.15, 0.2) is 42.6 Å². The van der Waals surface area contributed by atoms with Crippen molar-refractivity contribution in [2.24, 2.45) is 5.73 Å². The Balaban J connectivity index is 0.000000331. The van der Waals surface area contributed by atoms with Gasteiger partial charge in [0.15, 0.2) is 0 Å². The van der Waals surface area contributed by atoms with Crippen molar-refractivity contribution in [1.82, 2.24) is 14.9 Å². The smallest absolute Gasteiger partial charge is 0.0709 e. The number of hydrogen-bond donors (Lipinski definition) is 2. The molecule has 2 unspecified atom stereocenters. The van der Waals surface area contributed by atoms with E-state index in [-0.39, 0.29) is 11.6 Å². The average molecular weight is 477 g/mol. The highest BCUT2D eigenvalue weighted by Crippen LogP contribution is 2.44. The lowest BCUT2D eigenvalue weighted by Gasteiger charge is -2.50. The highest BCUT2D eigenvalue weighted by Gasteiger charge is 2.46. The average Bonchev–Trinajstić information content (AvgIpc) is 3.29. The zero-order chi connectivity index (χ0) is 25.3. The molecule has 192 valence electrons. The summed E-state index contributed by atoms with van der Waals surface area (Å²) < 4.78 is 0. The van der Waals surface area contributed by atoms with E-state index in [0.29, 0.717) is 0 Å². The molecule has 4 nitrogen and oxygen atoms in total. The number of likely N-dealkylation sites (tertiary alicyclic amines) is 1. The second-order valence-electron chi connectivity index (χ2n) is 10.2. The quantitative estimate of drug-likeness (QED) is 0.356. The summed E-state index contributed by atoms with van der Waals surface area (Å²) in [6, 6.07) is 13.3. The first-order valence-electron chi connectivity index (χ1n) is 14.1. The lowest BCUT2D eigenvalue weighted by Crippen LogP contribution is -2.58. The van der Waals surface area contributed by atoms with Crippen molar-refractivity contribution in [3.8, 4) is 0 Å². The van der Waals surface area contributed by atoms with Crippen LogP contribution >= 0.6 is 0 Å². The summed E-state index contributed by atoms with van der Waals surface area (Å²) in [4.78, 5) is 11.0. The van der Waals surface area contributed by atoms with Gasteiger partial charge in [-0.25, -0.2) is 0 Å². The molecule has 0 radical (unpaired) electrons. The molecule has 1 aliphatic carbocycles. The van der Waals surface area contributed by atoms with Gasteiger partial charge in [-0.2, -0.15) is 0 Å². The fourth-order valence-corrected chi connectivity index (χ4v) is 5.74. The van der Waals surface area contributed by atoms with Crippen LogP contribution in [0.25, 0.3) is 10.9 Å². The molecule has 5 rings (SSSR count). The Morgan fingerprint density at radius 1 is 1.06 bits per heavy atom. The van der Waals surface area contributed by atoms with Gasteiger partial charge < -0.3 is 10.7 Å². The molecule has 0 saturated carbocycles. The fourth-order valence-electron chi connectivity index (χ4n) is 5.74. The Hall–Kier alpha value is -2.17. The molecule has 2 atom stereocenters. The first kappa shape index (κ1) is 27.4. The maximum absolute atomic E-state index is 6.93. The van der Waals surface area contributed by atoms with E-state index in [4.69, 9.17) is 10.7 Å². The Morgan fingerprint density at radius 2 is 1.83 bits per heavy atom. The molecule has 1 aliphatic heterocycles. The molecule has 3 aromatic rings. The normalized spacial score (nSPS) is 21.3. The van der Waals surface area contributed by atoms with Crippen molar-refractivity contribution in [3.05, 3.63) is 65.1 Å². The van der Waals surface area contributed by atoms with E-state index in [1.165, 1.54) is 65.5 Å². The van der Waals surface area contributed by atoms with Gasteiger partial charge in [-0.1, -0.05) is 84.1 Å². The van der Waals surface area contributed by atoms with Gasteiger partial charge in [-0.3, -0.25) is 9.88 Å². The van der Waals surface area contributed by atoms with Gasteiger partial charge in [0.2, 0.25) is 0 Å². The molecular weight excluding hydrogens is 428 g/mol. The lowest BCUT2D eigenvalue weighted by molar-refractivity contribution is 0.0462. The second-order valence-corrected chi connectivity index (χ2v) is 10.2. The van der Waals surface area contributed by atoms with Crippen molar-refractivity contribution in [3.63, 3.8) is 0 Å². The number of H-pyrrole nitrogens is 1. The summed E-state index contributed by atoms with van der Waals surface area (Å²) in [5, 5.41) is 1.29. The molecule has 2 aliphatic rings. The number of nitrogens with two attached hydrogens (primary N) is 1. The number of aryl methyl sites for hydroxylation is 2. The highest BCUT2D eigenvalue weighted by molar-refractivity contribution is 5.83. The summed E-state index contributed by atoms with van der Waals surface area (Å²) in [5.74, 6) is 0. The second kappa shape index (κ2) is 13.2. The van der Waals surface area contributed by atoms with E-state index < -0.39 is 0 Å². The van der Waals surface area contributed by atoms with E-state index in [9.17, 15) is 0 Å². The van der Waals surface area contributed by atoms with Crippen LogP contribution in [-0.4, -0.2) is 27.0 Å². The van der Waals surface area contributed by atoms with Gasteiger partial charge in [0.25, 0.3) is 0 Å². The summed E-state index contributed by atoms with van der Waals surface area (Å²) in [6.07, 6.45) is 13.3. The summed E-state index contributed by atoms with van der Waals surface area (Å²) in [5.41, 5.74) is 13.2. The van der Waals surface area contributed by atoms with Crippen LogP contribution < -0.4 is 5.73 Å². The molecule has 1 fully saturated rings. The molecule has 1 saturated heterocycles. The number of unbranched alkanes of at least 4 members (excludes halogenated alkanes) is 4. The van der Waals surface area contributed by atoms with Gasteiger partial charge in [-0.15, -0.1) is 0 Å². The Labute approximate surface area is 213 Å². The van der Waals surface area contributed by atoms with Crippen LogP contribution in [0, 0.1) is 6.92 Å². The van der Waals surface area contributed by atoms with Crippen LogP contribution in [0.5, 0.6) is 0 Å². The predicted octanol–water partition coefficient (Wildman–Crippen LogP) is 7.86. The SMILES string of the molecule is CC.CCCCCCC.Cc1cccc2cc(CN3CCCC4(N)CCc5cccnc5C34)[nH]c12. The van der Waals surface area contributed by atoms with Crippen LogP contribution in [0.2, 0.25) is 0 Å². The largest absolute Gasteiger partial charge is 0.357 e. The molecule has 2 aromatic heterocycles. The lowest BCUT2D eigenvalue weighted by atomic mass is 9.71. The predicted molar refractivity (Wildman–Crippen MR) is 151 cm³/mol. The van der Waals surface area contributed by atoms with Crippen molar-refractivity contribution in [1.29, 1.82) is 0 Å². The van der Waals surface area contributed by atoms with Crippen LogP contribution in [0.1, 0.15) is 108 Å². The molecule has 1 aromatic carbocycles. The van der Waals surface area contributed by atoms with Crippen LogP contribution in [0.4, 0.5) is 0 Å². The fraction of sp³-hybridized carbons (Fsp3) is 0.581. The van der Waals surface area contributed by atoms with Crippen LogP contribution in [-0.2, 0) is 13.0 Å². The number of nitrogens with one attached hydrogen (secondary N) is 1. The van der Waals surface area contributed by atoms with Crippen molar-refractivity contribution >= 4 is 10.9 Å². The van der Waals surface area contributed by atoms with Gasteiger partial charge in [-0.05, 0) is 67.8 Å². The minimum absolute atomic E-state index is 0.151. The maximum Gasteiger partial charge on any atom is 0.0709 e. The number of aromatic amines is 1. The number of pyridine rings is 1. The molecule has 3 N–H and O–H groups in total. The van der Waals surface area contributed by atoms with Crippen molar-refractivity contribution in [2.75, 3.05) is 6.54 Å². The minimum Gasteiger partial charge on any atom is -0.357 e. The van der Waals surface area contributed by atoms with E-state index in [2.05, 4.69) is 67.1 Å². The highest BCUT2D eigenvalue weighted by atomic mass is 15.2. The number of hydrogen-bond acceptors (Lipinski definition) is 3. The number of para-hydroxylation sites is 1. The third-order valence-corrected chi connectivity index (χ3v) is 7.54. The maximum atomic E-state index is 6.93. The minimum atomic E-state index is -0.151. The number of aromatic nitrogens is 2. The number of benzene rings is 1. The first-order chi connectivity index (χ1) is 17.1. The number of rotatable bonds is 6. The Kier molecular flexibility index (Phi) is 10.4. The van der Waals surface area contributed by atoms with Gasteiger partial charge in [0.05, 0.1) is 11.7 Å². The number of fused-ring (bicyclic) bond motifs is 4. The monoisotopic (exact) mass is 476 g/mol. The van der Waals surface area contributed by atoms with E-state index in [0.717, 1.165) is 38.8 Å². The molecular formula is C31H48N4. The van der Waals surface area contributed by atoms with E-state index in [1.807, 2.05) is 20.0 Å². The van der Waals surface area contributed by atoms with Crippen molar-refractivity contribution in [2.45, 2.75) is 111 Å². The summed E-state index contributed by atoms with van der Waals surface area (Å²) >= 11 is 0. The Bertz CT molecular complexity index is 1040. The van der Waals surface area contributed by atoms with Gasteiger partial charge in [0.1, 0.15) is 0 Å². The third-order valence-electron chi connectivity index (χ3n) is 7.54. The van der Waals surface area contributed by atoms with Crippen LogP contribution in [0.3, 0.4) is 0 Å². The van der Waals surface area contributed by atoms with Crippen molar-refractivity contribution < 1.29 is 0 Å². The van der Waals surface area contributed by atoms with Gasteiger partial charge >= 0.3 is 0 Å². The molecule has 0 spiro atoms. The molecule has 4 heteroatoms. The zero-order valence-corrected chi connectivity index (χ0v) is 22.9. The molecule has 3 heterocycles. The Morgan fingerprint density at radius 3 is 2.54 bits per heavy atom. The van der Waals surface area contributed by atoms with Gasteiger partial charge in [0, 0.05) is 29.5 Å². The number of piperidine rings is 1. The molecule has 0 amide bonds. The third kappa shape index (κ3) is 6.54. The topological polar surface area (TPSA) is 57.9 Å². The molecule has 35 heavy (non-hydrogen) atoms. The zero-order valence-electron chi connectivity index (χ0n) is 22.9. The van der Waals surface area contributed by atoms with E-state index in [1.54, 1.807) is 0 Å². The number of nitrogens with zero attached hydrogens (tertiary/aromatic N) is 2. The van der Waals surface area contributed by atoms with E-state index >= 15 is 0 Å². The summed E-state index contributed by atoms with van der Waals surface area (Å²) in [6.45, 7) is 12.6. The first-order valence-corrected chi connectivity index (χ1v) is 14.1. The summed E-state index contributed by atoms with van der Waals surface area (Å²) in [7, 11) is 0. The standard InChI is InChI=1S/C22H26N4.C7H16.C2H6/c1-15-5-2-6-17-13-18(25-19(15)17)14-26-12-4-9-22(23)10-8-16-7-3-11-24-20(16)21(22)26;1-3-5-7-6-4-2;1-2/h2-3,5-7,11,13,21,25H,4,8-10,12,14,23H2,1H3;3-7H2,1-2H3;1-2H3.